The van der Waals surface area contributed by atoms with Crippen LogP contribution in [-0.4, -0.2) is 22.2 Å². The van der Waals surface area contributed by atoms with Crippen LogP contribution in [0, 0.1) is 5.92 Å². The molecule has 2 N–H and O–H groups in total. The second-order valence-electron chi connectivity index (χ2n) is 5.80. The van der Waals surface area contributed by atoms with Crippen molar-refractivity contribution in [3.63, 3.8) is 0 Å². The maximum absolute atomic E-state index is 10.4. The lowest BCUT2D eigenvalue weighted by Gasteiger charge is -2.09. The largest absolute Gasteiger partial charge is 0.481 e. The Bertz CT molecular complexity index is 263. The zero-order valence-corrected chi connectivity index (χ0v) is 12.8. The van der Waals surface area contributed by atoms with Crippen molar-refractivity contribution in [3.05, 3.63) is 0 Å². The van der Waals surface area contributed by atoms with Crippen LogP contribution >= 0.6 is 0 Å². The Labute approximate surface area is 122 Å². The monoisotopic (exact) mass is 286 g/mol. The fourth-order valence-corrected chi connectivity index (χ4v) is 2.34. The van der Waals surface area contributed by atoms with E-state index >= 15 is 0 Å². The van der Waals surface area contributed by atoms with Crippen LogP contribution in [0.3, 0.4) is 0 Å². The average Bonchev–Trinajstić information content (AvgIpc) is 2.38. The Morgan fingerprint density at radius 3 is 1.65 bits per heavy atom. The van der Waals surface area contributed by atoms with Gasteiger partial charge in [0.25, 0.3) is 0 Å². The van der Waals surface area contributed by atoms with Gasteiger partial charge in [-0.15, -0.1) is 0 Å². The molecule has 0 saturated heterocycles. The number of aliphatic carboxylic acids is 2. The maximum Gasteiger partial charge on any atom is 0.303 e. The minimum Gasteiger partial charge on any atom is -0.481 e. The SMILES string of the molecule is CC(CCCCCCCCCCC(=O)O)CCC(=O)O. The summed E-state index contributed by atoms with van der Waals surface area (Å²) in [5.41, 5.74) is 0. The molecular weight excluding hydrogens is 256 g/mol. The number of unbranched alkanes of at least 4 members (excludes halogenated alkanes) is 7. The van der Waals surface area contributed by atoms with Gasteiger partial charge < -0.3 is 10.2 Å². The summed E-state index contributed by atoms with van der Waals surface area (Å²) in [5, 5.41) is 17.1. The lowest BCUT2D eigenvalue weighted by molar-refractivity contribution is -0.138. The molecule has 0 amide bonds. The van der Waals surface area contributed by atoms with E-state index in [0.29, 0.717) is 12.3 Å². The van der Waals surface area contributed by atoms with Crippen molar-refractivity contribution in [2.75, 3.05) is 0 Å². The van der Waals surface area contributed by atoms with Crippen LogP contribution in [0.5, 0.6) is 0 Å². The van der Waals surface area contributed by atoms with Gasteiger partial charge in [-0.2, -0.15) is 0 Å². The molecule has 4 nitrogen and oxygen atoms in total. The smallest absolute Gasteiger partial charge is 0.303 e. The summed E-state index contributed by atoms with van der Waals surface area (Å²) in [6, 6.07) is 0. The molecule has 1 atom stereocenters. The summed E-state index contributed by atoms with van der Waals surface area (Å²) in [6.45, 7) is 2.13. The van der Waals surface area contributed by atoms with Crippen molar-refractivity contribution >= 4 is 11.9 Å². The summed E-state index contributed by atoms with van der Waals surface area (Å²) >= 11 is 0. The summed E-state index contributed by atoms with van der Waals surface area (Å²) < 4.78 is 0. The molecule has 0 aliphatic heterocycles. The van der Waals surface area contributed by atoms with Crippen molar-refractivity contribution in [2.45, 2.75) is 84.0 Å². The Hall–Kier alpha value is -1.06. The summed E-state index contributed by atoms with van der Waals surface area (Å²) in [5.74, 6) is -0.871. The molecule has 0 heterocycles. The standard InChI is InChI=1S/C16H30O4/c1-14(12-13-16(19)20)10-8-6-4-2-3-5-7-9-11-15(17)18/h14H,2-13H2,1H3,(H,17,18)(H,19,20). The molecule has 0 spiro atoms. The molecule has 0 saturated carbocycles. The van der Waals surface area contributed by atoms with E-state index in [1.807, 2.05) is 0 Å². The Morgan fingerprint density at radius 2 is 1.15 bits per heavy atom. The van der Waals surface area contributed by atoms with E-state index in [1.54, 1.807) is 0 Å². The molecule has 20 heavy (non-hydrogen) atoms. The Balaban J connectivity index is 3.16. The fraction of sp³-hybridized carbons (Fsp3) is 0.875. The quantitative estimate of drug-likeness (QED) is 0.462. The second-order valence-corrected chi connectivity index (χ2v) is 5.80. The number of hydrogen-bond acceptors (Lipinski definition) is 2. The molecule has 1 unspecified atom stereocenters. The topological polar surface area (TPSA) is 74.6 Å². The van der Waals surface area contributed by atoms with Crippen molar-refractivity contribution in [1.29, 1.82) is 0 Å². The number of carboxylic acid groups (broad SMARTS) is 2. The Kier molecular flexibility index (Phi) is 12.3. The highest BCUT2D eigenvalue weighted by Gasteiger charge is 2.05. The molecule has 0 aliphatic rings. The van der Waals surface area contributed by atoms with Gasteiger partial charge in [-0.25, -0.2) is 0 Å². The predicted molar refractivity (Wildman–Crippen MR) is 79.8 cm³/mol. The molecule has 0 aromatic heterocycles. The van der Waals surface area contributed by atoms with Crippen LogP contribution in [0.15, 0.2) is 0 Å². The zero-order chi connectivity index (χ0) is 15.2. The van der Waals surface area contributed by atoms with E-state index in [0.717, 1.165) is 32.1 Å². The molecular formula is C16H30O4. The highest BCUT2D eigenvalue weighted by Crippen LogP contribution is 2.16. The lowest BCUT2D eigenvalue weighted by atomic mass is 9.97. The highest BCUT2D eigenvalue weighted by molar-refractivity contribution is 5.66. The number of rotatable bonds is 14. The molecule has 0 radical (unpaired) electrons. The van der Waals surface area contributed by atoms with Gasteiger partial charge >= 0.3 is 11.9 Å². The molecule has 4 heteroatoms. The first-order valence-corrected chi connectivity index (χ1v) is 7.96. The van der Waals surface area contributed by atoms with Crippen LogP contribution in [0.2, 0.25) is 0 Å². The van der Waals surface area contributed by atoms with Gasteiger partial charge in [-0.1, -0.05) is 58.3 Å². The number of carbonyl (C=O) groups is 2. The third-order valence-corrected chi connectivity index (χ3v) is 3.69. The second kappa shape index (κ2) is 12.9. The van der Waals surface area contributed by atoms with E-state index in [4.69, 9.17) is 10.2 Å². The van der Waals surface area contributed by atoms with E-state index in [1.165, 1.54) is 32.1 Å². The minimum absolute atomic E-state index is 0.289. The van der Waals surface area contributed by atoms with Crippen molar-refractivity contribution in [2.24, 2.45) is 5.92 Å². The van der Waals surface area contributed by atoms with Gasteiger partial charge in [0, 0.05) is 12.8 Å². The van der Waals surface area contributed by atoms with Crippen LogP contribution in [0.1, 0.15) is 84.0 Å². The number of carboxylic acids is 2. The Morgan fingerprint density at radius 1 is 0.700 bits per heavy atom. The van der Waals surface area contributed by atoms with Gasteiger partial charge in [-0.3, -0.25) is 9.59 Å². The van der Waals surface area contributed by atoms with Crippen LogP contribution in [0.25, 0.3) is 0 Å². The van der Waals surface area contributed by atoms with Gasteiger partial charge in [0.15, 0.2) is 0 Å². The van der Waals surface area contributed by atoms with Crippen molar-refractivity contribution < 1.29 is 19.8 Å². The normalized spacial score (nSPS) is 12.2. The van der Waals surface area contributed by atoms with Gasteiger partial charge in [0.1, 0.15) is 0 Å². The molecule has 0 aromatic rings. The van der Waals surface area contributed by atoms with Gasteiger partial charge in [-0.05, 0) is 18.8 Å². The van der Waals surface area contributed by atoms with Crippen LogP contribution in [0.4, 0.5) is 0 Å². The van der Waals surface area contributed by atoms with Crippen molar-refractivity contribution in [3.8, 4) is 0 Å². The summed E-state index contributed by atoms with van der Waals surface area (Å²) in [4.78, 5) is 20.7. The summed E-state index contributed by atoms with van der Waals surface area (Å²) in [7, 11) is 0. The summed E-state index contributed by atoms with van der Waals surface area (Å²) in [6.07, 6.45) is 11.6. The van der Waals surface area contributed by atoms with E-state index in [9.17, 15) is 9.59 Å². The molecule has 118 valence electrons. The molecule has 0 rings (SSSR count). The molecule has 0 bridgehead atoms. The third-order valence-electron chi connectivity index (χ3n) is 3.69. The van der Waals surface area contributed by atoms with Gasteiger partial charge in [0.05, 0.1) is 0 Å². The van der Waals surface area contributed by atoms with E-state index in [-0.39, 0.29) is 6.42 Å². The maximum atomic E-state index is 10.4. The lowest BCUT2D eigenvalue weighted by Crippen LogP contribution is -2.01. The molecule has 0 aliphatic carbocycles. The van der Waals surface area contributed by atoms with E-state index in [2.05, 4.69) is 6.92 Å². The van der Waals surface area contributed by atoms with Crippen molar-refractivity contribution in [1.82, 2.24) is 0 Å². The van der Waals surface area contributed by atoms with Gasteiger partial charge in [0.2, 0.25) is 0 Å². The van der Waals surface area contributed by atoms with E-state index < -0.39 is 11.9 Å². The zero-order valence-electron chi connectivity index (χ0n) is 12.8. The first-order chi connectivity index (χ1) is 9.52. The fourth-order valence-electron chi connectivity index (χ4n) is 2.34. The molecule has 0 aromatic carbocycles. The van der Waals surface area contributed by atoms with Crippen LogP contribution in [-0.2, 0) is 9.59 Å². The first-order valence-electron chi connectivity index (χ1n) is 7.96. The van der Waals surface area contributed by atoms with Crippen LogP contribution < -0.4 is 0 Å². The highest BCUT2D eigenvalue weighted by atomic mass is 16.4. The average molecular weight is 286 g/mol. The number of hydrogen-bond donors (Lipinski definition) is 2. The minimum atomic E-state index is -0.695. The first kappa shape index (κ1) is 18.9. The third kappa shape index (κ3) is 15.0. The predicted octanol–water partition coefficient (Wildman–Crippen LogP) is 4.47. The molecule has 0 fully saturated rings.